The normalized spacial score (nSPS) is 10.8. The number of carbonyl (C=O) groups excluding carboxylic acids is 1. The molecule has 0 aliphatic heterocycles. The van der Waals surface area contributed by atoms with E-state index in [1.165, 1.54) is 31.4 Å². The molecule has 0 saturated carbocycles. The molecule has 7 nitrogen and oxygen atoms in total. The Labute approximate surface area is 163 Å². The van der Waals surface area contributed by atoms with Gasteiger partial charge in [0.25, 0.3) is 10.0 Å². The zero-order valence-electron chi connectivity index (χ0n) is 15.0. The molecule has 1 N–H and O–H groups in total. The lowest BCUT2D eigenvalue weighted by Gasteiger charge is -2.23. The van der Waals surface area contributed by atoms with Crippen LogP contribution in [-0.2, 0) is 10.0 Å². The highest BCUT2D eigenvalue weighted by atomic mass is 32.2. The number of benzene rings is 3. The Kier molecular flexibility index (Phi) is 5.81. The third kappa shape index (κ3) is 4.41. The highest BCUT2D eigenvalue weighted by Gasteiger charge is 2.31. The molecule has 0 aliphatic carbocycles. The maximum absolute atomic E-state index is 13.0. The molecule has 0 fully saturated rings. The average molecular weight is 398 g/mol. The number of nitrogens with one attached hydrogen (secondary N) is 1. The molecule has 28 heavy (non-hydrogen) atoms. The topological polar surface area (TPSA) is 84.9 Å². The lowest BCUT2D eigenvalue weighted by Crippen LogP contribution is -2.43. The summed E-state index contributed by atoms with van der Waals surface area (Å²) < 4.78 is 36.8. The Morgan fingerprint density at radius 2 is 1.36 bits per heavy atom. The standard InChI is InChI=1S/C20H18N2O5S/c1-26-17-12-14-18(15-13-17)27-20(23)22(21-16-8-4-2-5-9-16)28(24,25)19-10-6-3-7-11-19/h2-15,21H,1H3. The molecule has 3 rings (SSSR count). The Balaban J connectivity index is 1.91. The molecule has 0 radical (unpaired) electrons. The monoisotopic (exact) mass is 398 g/mol. The van der Waals surface area contributed by atoms with Gasteiger partial charge in [0.1, 0.15) is 11.5 Å². The lowest BCUT2D eigenvalue weighted by atomic mass is 10.3. The second kappa shape index (κ2) is 8.45. The number of hydrazine groups is 1. The van der Waals surface area contributed by atoms with Gasteiger partial charge in [-0.15, -0.1) is 4.41 Å². The van der Waals surface area contributed by atoms with Crippen LogP contribution in [0.5, 0.6) is 11.5 Å². The van der Waals surface area contributed by atoms with Crippen LogP contribution in [0.1, 0.15) is 0 Å². The van der Waals surface area contributed by atoms with Crippen molar-refractivity contribution >= 4 is 21.8 Å². The number of hydrogen-bond acceptors (Lipinski definition) is 6. The van der Waals surface area contributed by atoms with Gasteiger partial charge < -0.3 is 9.47 Å². The van der Waals surface area contributed by atoms with Gasteiger partial charge in [-0.2, -0.15) is 8.42 Å². The first-order valence-electron chi connectivity index (χ1n) is 8.28. The van der Waals surface area contributed by atoms with E-state index in [0.29, 0.717) is 15.9 Å². The summed E-state index contributed by atoms with van der Waals surface area (Å²) in [7, 11) is -2.70. The number of carbonyl (C=O) groups is 1. The molecular formula is C20H18N2O5S. The summed E-state index contributed by atoms with van der Waals surface area (Å²) in [4.78, 5) is 12.7. The van der Waals surface area contributed by atoms with E-state index in [9.17, 15) is 13.2 Å². The third-order valence-corrected chi connectivity index (χ3v) is 5.31. The van der Waals surface area contributed by atoms with Gasteiger partial charge in [-0.25, -0.2) is 4.79 Å². The van der Waals surface area contributed by atoms with Crippen molar-refractivity contribution in [2.75, 3.05) is 12.5 Å². The van der Waals surface area contributed by atoms with E-state index in [1.807, 2.05) is 0 Å². The van der Waals surface area contributed by atoms with Gasteiger partial charge in [-0.05, 0) is 48.5 Å². The zero-order valence-corrected chi connectivity index (χ0v) is 15.8. The van der Waals surface area contributed by atoms with Crippen LogP contribution in [0.4, 0.5) is 10.5 Å². The number of anilines is 1. The fourth-order valence-electron chi connectivity index (χ4n) is 2.32. The zero-order chi connectivity index (χ0) is 20.0. The van der Waals surface area contributed by atoms with Crippen molar-refractivity contribution in [3.8, 4) is 11.5 Å². The maximum atomic E-state index is 13.0. The molecule has 0 bridgehead atoms. The summed E-state index contributed by atoms with van der Waals surface area (Å²) in [5, 5.41) is 0. The fraction of sp³-hybridized carbons (Fsp3) is 0.0500. The van der Waals surface area contributed by atoms with Crippen LogP contribution < -0.4 is 14.9 Å². The first-order valence-corrected chi connectivity index (χ1v) is 9.72. The number of para-hydroxylation sites is 1. The van der Waals surface area contributed by atoms with E-state index in [1.54, 1.807) is 60.7 Å². The minimum atomic E-state index is -4.21. The number of rotatable bonds is 6. The van der Waals surface area contributed by atoms with E-state index < -0.39 is 16.1 Å². The second-order valence-electron chi connectivity index (χ2n) is 5.60. The highest BCUT2D eigenvalue weighted by Crippen LogP contribution is 2.22. The smallest absolute Gasteiger partial charge is 0.449 e. The number of nitrogens with zero attached hydrogens (tertiary/aromatic N) is 1. The third-order valence-electron chi connectivity index (χ3n) is 3.72. The van der Waals surface area contributed by atoms with E-state index in [-0.39, 0.29) is 10.6 Å². The molecule has 0 aromatic heterocycles. The van der Waals surface area contributed by atoms with Crippen molar-refractivity contribution in [2.45, 2.75) is 4.90 Å². The molecule has 8 heteroatoms. The molecule has 0 heterocycles. The van der Waals surface area contributed by atoms with Crippen LogP contribution in [0.25, 0.3) is 0 Å². The van der Waals surface area contributed by atoms with Gasteiger partial charge in [0.15, 0.2) is 0 Å². The molecule has 0 spiro atoms. The molecule has 3 aromatic rings. The van der Waals surface area contributed by atoms with Crippen molar-refractivity contribution in [3.63, 3.8) is 0 Å². The van der Waals surface area contributed by atoms with Gasteiger partial charge in [0.05, 0.1) is 17.7 Å². The van der Waals surface area contributed by atoms with Gasteiger partial charge in [0.2, 0.25) is 0 Å². The number of sulfonamides is 1. The Bertz CT molecular complexity index is 1020. The summed E-state index contributed by atoms with van der Waals surface area (Å²) in [6.45, 7) is 0. The molecule has 3 aromatic carbocycles. The second-order valence-corrected chi connectivity index (χ2v) is 7.39. The van der Waals surface area contributed by atoms with Gasteiger partial charge in [-0.3, -0.25) is 5.43 Å². The maximum Gasteiger partial charge on any atom is 0.449 e. The molecule has 0 atom stereocenters. The number of amides is 1. The largest absolute Gasteiger partial charge is 0.497 e. The number of ether oxygens (including phenoxy) is 2. The lowest BCUT2D eigenvalue weighted by molar-refractivity contribution is 0.184. The molecule has 1 amide bonds. The number of hydrogen-bond donors (Lipinski definition) is 1. The first kappa shape index (κ1) is 19.2. The summed E-state index contributed by atoms with van der Waals surface area (Å²) in [5.41, 5.74) is 3.02. The van der Waals surface area contributed by atoms with Crippen molar-refractivity contribution in [1.82, 2.24) is 4.41 Å². The van der Waals surface area contributed by atoms with Crippen LogP contribution in [0, 0.1) is 0 Å². The van der Waals surface area contributed by atoms with Crippen LogP contribution in [-0.4, -0.2) is 26.0 Å². The van der Waals surface area contributed by atoms with Crippen LogP contribution >= 0.6 is 0 Å². The predicted molar refractivity (Wildman–Crippen MR) is 105 cm³/mol. The van der Waals surface area contributed by atoms with E-state index in [2.05, 4.69) is 5.43 Å². The minimum Gasteiger partial charge on any atom is -0.497 e. The Morgan fingerprint density at radius 3 is 1.93 bits per heavy atom. The van der Waals surface area contributed by atoms with E-state index in [0.717, 1.165) is 0 Å². The van der Waals surface area contributed by atoms with Gasteiger partial charge in [-0.1, -0.05) is 36.4 Å². The Hall–Kier alpha value is -3.52. The van der Waals surface area contributed by atoms with Crippen molar-refractivity contribution in [2.24, 2.45) is 0 Å². The fourth-order valence-corrected chi connectivity index (χ4v) is 3.49. The van der Waals surface area contributed by atoms with Crippen molar-refractivity contribution in [1.29, 1.82) is 0 Å². The molecular weight excluding hydrogens is 380 g/mol. The first-order chi connectivity index (χ1) is 13.5. The quantitative estimate of drug-likeness (QED) is 0.634. The van der Waals surface area contributed by atoms with Gasteiger partial charge >= 0.3 is 6.09 Å². The Morgan fingerprint density at radius 1 is 0.821 bits per heavy atom. The van der Waals surface area contributed by atoms with Crippen molar-refractivity contribution in [3.05, 3.63) is 84.9 Å². The van der Waals surface area contributed by atoms with E-state index >= 15 is 0 Å². The average Bonchev–Trinajstić information content (AvgIpc) is 2.73. The van der Waals surface area contributed by atoms with Gasteiger partial charge in [0, 0.05) is 0 Å². The SMILES string of the molecule is COc1ccc(OC(=O)N(Nc2ccccc2)S(=O)(=O)c2ccccc2)cc1. The summed E-state index contributed by atoms with van der Waals surface area (Å²) in [5.74, 6) is 0.755. The van der Waals surface area contributed by atoms with Crippen LogP contribution in [0.15, 0.2) is 89.8 Å². The van der Waals surface area contributed by atoms with Crippen molar-refractivity contribution < 1.29 is 22.7 Å². The minimum absolute atomic E-state index is 0.0508. The molecule has 0 saturated heterocycles. The molecule has 0 unspecified atom stereocenters. The molecule has 144 valence electrons. The number of methoxy groups -OCH3 is 1. The summed E-state index contributed by atoms with van der Waals surface area (Å²) in [6, 6.07) is 22.3. The van der Waals surface area contributed by atoms with Crippen LogP contribution in [0.3, 0.4) is 0 Å². The predicted octanol–water partition coefficient (Wildman–Crippen LogP) is 3.91. The van der Waals surface area contributed by atoms with E-state index in [4.69, 9.17) is 9.47 Å². The van der Waals surface area contributed by atoms with Crippen LogP contribution in [0.2, 0.25) is 0 Å². The molecule has 0 aliphatic rings. The summed E-state index contributed by atoms with van der Waals surface area (Å²) >= 11 is 0. The summed E-state index contributed by atoms with van der Waals surface area (Å²) in [6.07, 6.45) is -1.10. The highest BCUT2D eigenvalue weighted by molar-refractivity contribution is 7.89.